The number of anilines is 1. The molecule has 0 aliphatic heterocycles. The summed E-state index contributed by atoms with van der Waals surface area (Å²) in [4.78, 5) is 34.6. The molecule has 0 saturated carbocycles. The minimum atomic E-state index is -1.16. The van der Waals surface area contributed by atoms with Crippen LogP contribution in [-0.4, -0.2) is 22.9 Å². The van der Waals surface area contributed by atoms with Gasteiger partial charge >= 0.3 is 5.97 Å². The van der Waals surface area contributed by atoms with E-state index in [-0.39, 0.29) is 16.3 Å². The van der Waals surface area contributed by atoms with Gasteiger partial charge in [0.05, 0.1) is 15.5 Å². The van der Waals surface area contributed by atoms with E-state index >= 15 is 0 Å². The highest BCUT2D eigenvalue weighted by atomic mass is 35.5. The third-order valence-corrected chi connectivity index (χ3v) is 4.06. The smallest absolute Gasteiger partial charge is 0.340 e. The van der Waals surface area contributed by atoms with E-state index in [0.29, 0.717) is 10.7 Å². The summed E-state index contributed by atoms with van der Waals surface area (Å²) >= 11 is 11.8. The number of halogens is 2. The Labute approximate surface area is 159 Å². The van der Waals surface area contributed by atoms with E-state index in [1.807, 2.05) is 0 Å². The van der Waals surface area contributed by atoms with E-state index in [4.69, 9.17) is 27.9 Å². The zero-order valence-corrected chi connectivity index (χ0v) is 15.3. The predicted octanol–water partition coefficient (Wildman–Crippen LogP) is 4.39. The van der Waals surface area contributed by atoms with Crippen molar-refractivity contribution in [3.8, 4) is 0 Å². The standard InChI is InChI=1S/C17H14Cl2N2O5/c1-9-3-4-11(18)7-15(9)20-16(22)10(2)26-17(23)13-8-12(21(24)25)5-6-14(13)19/h3-8,10H,1-2H3,(H,20,22)/t10-/m0/s1. The van der Waals surface area contributed by atoms with Crippen LogP contribution >= 0.6 is 23.2 Å². The summed E-state index contributed by atoms with van der Waals surface area (Å²) in [5.74, 6) is -1.52. The third-order valence-electron chi connectivity index (χ3n) is 3.49. The number of non-ortho nitro benzene ring substituents is 1. The van der Waals surface area contributed by atoms with Crippen LogP contribution in [-0.2, 0) is 9.53 Å². The Hall–Kier alpha value is -2.64. The van der Waals surface area contributed by atoms with Gasteiger partial charge in [-0.3, -0.25) is 14.9 Å². The van der Waals surface area contributed by atoms with Gasteiger partial charge in [0.2, 0.25) is 0 Å². The Morgan fingerprint density at radius 2 is 1.88 bits per heavy atom. The molecule has 26 heavy (non-hydrogen) atoms. The molecule has 0 aliphatic carbocycles. The van der Waals surface area contributed by atoms with Gasteiger partial charge in [-0.05, 0) is 37.6 Å². The summed E-state index contributed by atoms with van der Waals surface area (Å²) in [5, 5.41) is 13.9. The summed E-state index contributed by atoms with van der Waals surface area (Å²) in [6.07, 6.45) is -1.16. The Balaban J connectivity index is 2.11. The van der Waals surface area contributed by atoms with E-state index in [9.17, 15) is 19.7 Å². The van der Waals surface area contributed by atoms with Crippen LogP contribution < -0.4 is 5.32 Å². The molecule has 1 N–H and O–H groups in total. The lowest BCUT2D eigenvalue weighted by Crippen LogP contribution is -2.30. The fourth-order valence-electron chi connectivity index (χ4n) is 2.02. The number of nitro groups is 1. The number of nitrogens with zero attached hydrogens (tertiary/aromatic N) is 1. The van der Waals surface area contributed by atoms with E-state index < -0.39 is 22.9 Å². The Bertz CT molecular complexity index is 885. The molecule has 2 rings (SSSR count). The molecule has 0 fully saturated rings. The number of hydrogen-bond acceptors (Lipinski definition) is 5. The number of esters is 1. The quantitative estimate of drug-likeness (QED) is 0.458. The average Bonchev–Trinajstić information content (AvgIpc) is 2.58. The van der Waals surface area contributed by atoms with Crippen molar-refractivity contribution in [1.29, 1.82) is 0 Å². The first-order valence-electron chi connectivity index (χ1n) is 7.41. The van der Waals surface area contributed by atoms with Crippen molar-refractivity contribution in [2.45, 2.75) is 20.0 Å². The van der Waals surface area contributed by atoms with Crippen LogP contribution in [0, 0.1) is 17.0 Å². The van der Waals surface area contributed by atoms with Gasteiger partial charge in [0, 0.05) is 22.8 Å². The molecule has 0 aromatic heterocycles. The highest BCUT2D eigenvalue weighted by Crippen LogP contribution is 2.24. The summed E-state index contributed by atoms with van der Waals surface area (Å²) < 4.78 is 5.07. The number of rotatable bonds is 5. The van der Waals surface area contributed by atoms with Crippen molar-refractivity contribution in [2.24, 2.45) is 0 Å². The molecule has 0 spiro atoms. The van der Waals surface area contributed by atoms with Crippen LogP contribution in [0.3, 0.4) is 0 Å². The summed E-state index contributed by atoms with van der Waals surface area (Å²) in [7, 11) is 0. The monoisotopic (exact) mass is 396 g/mol. The molecule has 136 valence electrons. The molecule has 1 amide bonds. The normalized spacial score (nSPS) is 11.5. The molecule has 0 saturated heterocycles. The van der Waals surface area contributed by atoms with Gasteiger partial charge in [0.15, 0.2) is 6.10 Å². The van der Waals surface area contributed by atoms with Crippen LogP contribution in [0.25, 0.3) is 0 Å². The highest BCUT2D eigenvalue weighted by molar-refractivity contribution is 6.33. The van der Waals surface area contributed by atoms with Crippen molar-refractivity contribution < 1.29 is 19.2 Å². The predicted molar refractivity (Wildman–Crippen MR) is 97.8 cm³/mol. The lowest BCUT2D eigenvalue weighted by molar-refractivity contribution is -0.384. The Morgan fingerprint density at radius 3 is 2.54 bits per heavy atom. The maximum absolute atomic E-state index is 12.2. The molecule has 2 aromatic rings. The van der Waals surface area contributed by atoms with Gasteiger partial charge in [0.25, 0.3) is 11.6 Å². The number of nitrogens with one attached hydrogen (secondary N) is 1. The minimum absolute atomic E-state index is 0.0149. The largest absolute Gasteiger partial charge is 0.449 e. The number of hydrogen-bond donors (Lipinski definition) is 1. The number of carbonyl (C=O) groups excluding carboxylic acids is 2. The number of nitro benzene ring substituents is 1. The van der Waals surface area contributed by atoms with Gasteiger partial charge in [-0.25, -0.2) is 4.79 Å². The fourth-order valence-corrected chi connectivity index (χ4v) is 2.39. The lowest BCUT2D eigenvalue weighted by Gasteiger charge is -2.15. The zero-order chi connectivity index (χ0) is 19.4. The molecule has 0 radical (unpaired) electrons. The zero-order valence-electron chi connectivity index (χ0n) is 13.8. The molecule has 9 heteroatoms. The summed E-state index contributed by atoms with van der Waals surface area (Å²) in [6.45, 7) is 3.16. The van der Waals surface area contributed by atoms with Crippen molar-refractivity contribution in [1.82, 2.24) is 0 Å². The summed E-state index contributed by atoms with van der Waals surface area (Å²) in [5.41, 5.74) is 0.759. The molecule has 7 nitrogen and oxygen atoms in total. The van der Waals surface area contributed by atoms with E-state index in [1.54, 1.807) is 25.1 Å². The molecule has 0 heterocycles. The first-order chi connectivity index (χ1) is 12.2. The van der Waals surface area contributed by atoms with E-state index in [2.05, 4.69) is 5.32 Å². The molecule has 2 aromatic carbocycles. The van der Waals surface area contributed by atoms with E-state index in [1.165, 1.54) is 13.0 Å². The van der Waals surface area contributed by atoms with Gasteiger partial charge < -0.3 is 10.1 Å². The Kier molecular flexibility index (Phi) is 6.18. The topological polar surface area (TPSA) is 98.5 Å². The van der Waals surface area contributed by atoms with Gasteiger partial charge in [0.1, 0.15) is 0 Å². The van der Waals surface area contributed by atoms with Crippen molar-refractivity contribution in [2.75, 3.05) is 5.32 Å². The van der Waals surface area contributed by atoms with Crippen molar-refractivity contribution in [3.63, 3.8) is 0 Å². The maximum Gasteiger partial charge on any atom is 0.340 e. The SMILES string of the molecule is Cc1ccc(Cl)cc1NC(=O)[C@H](C)OC(=O)c1cc([N+](=O)[O-])ccc1Cl. The van der Waals surface area contributed by atoms with Crippen LogP contribution in [0.4, 0.5) is 11.4 Å². The second-order valence-corrected chi connectivity index (χ2v) is 6.26. The number of carbonyl (C=O) groups is 2. The Morgan fingerprint density at radius 1 is 1.19 bits per heavy atom. The maximum atomic E-state index is 12.2. The second-order valence-electron chi connectivity index (χ2n) is 5.42. The van der Waals surface area contributed by atoms with Crippen LogP contribution in [0.1, 0.15) is 22.8 Å². The number of ether oxygens (including phenoxy) is 1. The average molecular weight is 397 g/mol. The highest BCUT2D eigenvalue weighted by Gasteiger charge is 2.23. The second kappa shape index (κ2) is 8.16. The number of amides is 1. The minimum Gasteiger partial charge on any atom is -0.449 e. The van der Waals surface area contributed by atoms with Crippen LogP contribution in [0.15, 0.2) is 36.4 Å². The molecule has 0 bridgehead atoms. The van der Waals surface area contributed by atoms with Crippen molar-refractivity contribution in [3.05, 3.63) is 67.7 Å². The lowest BCUT2D eigenvalue weighted by atomic mass is 10.2. The molecular weight excluding hydrogens is 383 g/mol. The van der Waals surface area contributed by atoms with Gasteiger partial charge in [-0.1, -0.05) is 29.3 Å². The van der Waals surface area contributed by atoms with Gasteiger partial charge in [-0.2, -0.15) is 0 Å². The first-order valence-corrected chi connectivity index (χ1v) is 8.16. The molecule has 1 atom stereocenters. The van der Waals surface area contributed by atoms with E-state index in [0.717, 1.165) is 17.7 Å². The number of benzene rings is 2. The third kappa shape index (κ3) is 4.71. The molecular formula is C17H14Cl2N2O5. The molecule has 0 aliphatic rings. The van der Waals surface area contributed by atoms with Crippen LogP contribution in [0.5, 0.6) is 0 Å². The summed E-state index contributed by atoms with van der Waals surface area (Å²) in [6, 6.07) is 8.36. The first kappa shape index (κ1) is 19.7. The fraction of sp³-hybridized carbons (Fsp3) is 0.176. The molecule has 0 unspecified atom stereocenters. The van der Waals surface area contributed by atoms with Crippen LogP contribution in [0.2, 0.25) is 10.0 Å². The van der Waals surface area contributed by atoms with Crippen molar-refractivity contribution >= 4 is 46.5 Å². The number of aryl methyl sites for hydroxylation is 1. The van der Waals surface area contributed by atoms with Gasteiger partial charge in [-0.15, -0.1) is 0 Å².